The zero-order chi connectivity index (χ0) is 11.3. The molecule has 0 bridgehead atoms. The van der Waals surface area contributed by atoms with E-state index in [0.717, 1.165) is 18.7 Å². The maximum Gasteiger partial charge on any atom is 0.263 e. The normalized spacial score (nSPS) is 31.2. The summed E-state index contributed by atoms with van der Waals surface area (Å²) >= 11 is 7.49. The topological polar surface area (TPSA) is 41.1 Å². The number of hydrogen-bond acceptors (Lipinski definition) is 3. The molecule has 1 aliphatic heterocycles. The number of nitrogens with one attached hydrogen (secondary N) is 2. The number of halogens is 1. The number of carbonyl (C=O) groups excluding carboxylic acids is 1. The van der Waals surface area contributed by atoms with Gasteiger partial charge in [-0.3, -0.25) is 4.79 Å². The highest BCUT2D eigenvalue weighted by Gasteiger charge is 2.53. The van der Waals surface area contributed by atoms with Crippen molar-refractivity contribution in [1.82, 2.24) is 10.6 Å². The maximum absolute atomic E-state index is 12.0. The highest BCUT2D eigenvalue weighted by molar-refractivity contribution is 7.13. The van der Waals surface area contributed by atoms with E-state index in [1.54, 1.807) is 0 Å². The van der Waals surface area contributed by atoms with Crippen molar-refractivity contribution in [1.29, 1.82) is 0 Å². The molecule has 1 aromatic rings. The Labute approximate surface area is 103 Å². The molecule has 3 nitrogen and oxygen atoms in total. The van der Waals surface area contributed by atoms with E-state index in [0.29, 0.717) is 27.8 Å². The van der Waals surface area contributed by atoms with E-state index >= 15 is 0 Å². The Balaban J connectivity index is 1.68. The Bertz CT molecular complexity index is 435. The lowest BCUT2D eigenvalue weighted by Crippen LogP contribution is -2.32. The molecule has 16 heavy (non-hydrogen) atoms. The summed E-state index contributed by atoms with van der Waals surface area (Å²) in [6, 6.07) is 0.368. The molecule has 1 aliphatic carbocycles. The Morgan fingerprint density at radius 1 is 1.56 bits per heavy atom. The Morgan fingerprint density at radius 3 is 2.81 bits per heavy atom. The average Bonchev–Trinajstić information content (AvgIpc) is 2.68. The minimum absolute atomic E-state index is 0.0116. The van der Waals surface area contributed by atoms with Crippen LogP contribution in [0.2, 0.25) is 5.02 Å². The number of carbonyl (C=O) groups is 1. The minimum atomic E-state index is -0.0116. The molecule has 1 amide bonds. The van der Waals surface area contributed by atoms with Crippen LogP contribution in [0.4, 0.5) is 0 Å². The summed E-state index contributed by atoms with van der Waals surface area (Å²) in [5.74, 6) is 1.27. The zero-order valence-electron chi connectivity index (χ0n) is 8.92. The highest BCUT2D eigenvalue weighted by atomic mass is 35.5. The summed E-state index contributed by atoms with van der Waals surface area (Å²) < 4.78 is 0. The molecule has 2 N–H and O–H groups in total. The quantitative estimate of drug-likeness (QED) is 0.845. The lowest BCUT2D eigenvalue weighted by atomic mass is 10.3. The molecule has 2 heterocycles. The first-order chi connectivity index (χ1) is 7.68. The fourth-order valence-electron chi connectivity index (χ4n) is 2.43. The van der Waals surface area contributed by atoms with Gasteiger partial charge in [0.15, 0.2) is 0 Å². The third kappa shape index (κ3) is 1.56. The van der Waals surface area contributed by atoms with E-state index in [2.05, 4.69) is 10.6 Å². The van der Waals surface area contributed by atoms with E-state index in [1.807, 2.05) is 12.3 Å². The zero-order valence-corrected chi connectivity index (χ0v) is 10.5. The van der Waals surface area contributed by atoms with E-state index in [1.165, 1.54) is 11.3 Å². The molecule has 0 aromatic carbocycles. The van der Waals surface area contributed by atoms with Gasteiger partial charge in [0.1, 0.15) is 4.88 Å². The van der Waals surface area contributed by atoms with E-state index in [4.69, 9.17) is 11.6 Å². The van der Waals surface area contributed by atoms with Gasteiger partial charge in [0.2, 0.25) is 0 Å². The maximum atomic E-state index is 12.0. The summed E-state index contributed by atoms with van der Waals surface area (Å²) in [5, 5.41) is 8.91. The molecular weight excluding hydrogens is 244 g/mol. The van der Waals surface area contributed by atoms with Crippen LogP contribution >= 0.6 is 22.9 Å². The van der Waals surface area contributed by atoms with Gasteiger partial charge in [0.25, 0.3) is 5.91 Å². The second-order valence-electron chi connectivity index (χ2n) is 4.55. The molecule has 86 valence electrons. The van der Waals surface area contributed by atoms with Crippen molar-refractivity contribution in [3.05, 3.63) is 20.8 Å². The Kier molecular flexibility index (Phi) is 2.46. The SMILES string of the molecule is Cc1csc(C(=O)NC2C3CNCC32)c1Cl. The van der Waals surface area contributed by atoms with Crippen molar-refractivity contribution in [2.45, 2.75) is 13.0 Å². The van der Waals surface area contributed by atoms with Gasteiger partial charge in [-0.15, -0.1) is 11.3 Å². The van der Waals surface area contributed by atoms with E-state index in [9.17, 15) is 4.79 Å². The van der Waals surface area contributed by atoms with Crippen LogP contribution in [0.3, 0.4) is 0 Å². The summed E-state index contributed by atoms with van der Waals surface area (Å²) in [6.45, 7) is 3.99. The van der Waals surface area contributed by atoms with Crippen LogP contribution in [0.5, 0.6) is 0 Å². The number of fused-ring (bicyclic) bond motifs is 1. The average molecular weight is 257 g/mol. The van der Waals surface area contributed by atoms with Gasteiger partial charge in [-0.25, -0.2) is 0 Å². The monoisotopic (exact) mass is 256 g/mol. The van der Waals surface area contributed by atoms with E-state index < -0.39 is 0 Å². The van der Waals surface area contributed by atoms with Gasteiger partial charge >= 0.3 is 0 Å². The van der Waals surface area contributed by atoms with Crippen LogP contribution in [0, 0.1) is 18.8 Å². The molecule has 2 aliphatic rings. The Morgan fingerprint density at radius 2 is 2.25 bits per heavy atom. The van der Waals surface area contributed by atoms with Gasteiger partial charge in [-0.1, -0.05) is 11.6 Å². The molecule has 1 saturated carbocycles. The van der Waals surface area contributed by atoms with E-state index in [-0.39, 0.29) is 5.91 Å². The van der Waals surface area contributed by atoms with Crippen molar-refractivity contribution in [2.24, 2.45) is 11.8 Å². The van der Waals surface area contributed by atoms with Crippen molar-refractivity contribution in [3.63, 3.8) is 0 Å². The lowest BCUT2D eigenvalue weighted by molar-refractivity contribution is 0.0951. The molecule has 1 saturated heterocycles. The molecule has 1 aromatic heterocycles. The molecule has 2 fully saturated rings. The number of rotatable bonds is 2. The lowest BCUT2D eigenvalue weighted by Gasteiger charge is -2.06. The molecule has 3 rings (SSSR count). The predicted molar refractivity (Wildman–Crippen MR) is 65.2 cm³/mol. The third-order valence-corrected chi connectivity index (χ3v) is 5.19. The van der Waals surface area contributed by atoms with Gasteiger partial charge in [-0.2, -0.15) is 0 Å². The fraction of sp³-hybridized carbons (Fsp3) is 0.545. The van der Waals surface area contributed by atoms with Crippen LogP contribution in [0.1, 0.15) is 15.2 Å². The molecule has 0 spiro atoms. The molecule has 5 heteroatoms. The van der Waals surface area contributed by atoms with Gasteiger partial charge in [0, 0.05) is 19.1 Å². The smallest absolute Gasteiger partial charge is 0.263 e. The molecular formula is C11H13ClN2OS. The van der Waals surface area contributed by atoms with Crippen LogP contribution in [-0.2, 0) is 0 Å². The largest absolute Gasteiger partial charge is 0.348 e. The number of thiophene rings is 1. The highest BCUT2D eigenvalue weighted by Crippen LogP contribution is 2.42. The van der Waals surface area contributed by atoms with Crippen LogP contribution < -0.4 is 10.6 Å². The van der Waals surface area contributed by atoms with Crippen molar-refractivity contribution >= 4 is 28.8 Å². The minimum Gasteiger partial charge on any atom is -0.348 e. The Hall–Kier alpha value is -0.580. The summed E-state index contributed by atoms with van der Waals surface area (Å²) in [5.41, 5.74) is 0.981. The summed E-state index contributed by atoms with van der Waals surface area (Å²) in [4.78, 5) is 12.6. The molecule has 2 unspecified atom stereocenters. The first kappa shape index (κ1) is 10.6. The number of amides is 1. The number of aryl methyl sites for hydroxylation is 1. The van der Waals surface area contributed by atoms with Crippen LogP contribution in [0.25, 0.3) is 0 Å². The van der Waals surface area contributed by atoms with Crippen molar-refractivity contribution in [2.75, 3.05) is 13.1 Å². The third-order valence-electron chi connectivity index (χ3n) is 3.49. The predicted octanol–water partition coefficient (Wildman–Crippen LogP) is 1.66. The molecule has 2 atom stereocenters. The first-order valence-electron chi connectivity index (χ1n) is 5.43. The fourth-order valence-corrected chi connectivity index (χ4v) is 3.61. The first-order valence-corrected chi connectivity index (χ1v) is 6.69. The standard InChI is InChI=1S/C11H13ClN2OS/c1-5-4-16-10(8(5)12)11(15)14-9-6-2-13-3-7(6)9/h4,6-7,9,13H,2-3H2,1H3,(H,14,15). The van der Waals surface area contributed by atoms with Gasteiger partial charge in [-0.05, 0) is 29.7 Å². The second-order valence-corrected chi connectivity index (χ2v) is 5.80. The number of piperidine rings is 1. The van der Waals surface area contributed by atoms with Crippen LogP contribution in [0.15, 0.2) is 5.38 Å². The van der Waals surface area contributed by atoms with Crippen molar-refractivity contribution in [3.8, 4) is 0 Å². The second kappa shape index (κ2) is 3.72. The number of hydrogen-bond donors (Lipinski definition) is 2. The van der Waals surface area contributed by atoms with Gasteiger partial charge < -0.3 is 10.6 Å². The molecule has 0 radical (unpaired) electrons. The van der Waals surface area contributed by atoms with Gasteiger partial charge in [0.05, 0.1) is 5.02 Å². The summed E-state index contributed by atoms with van der Waals surface area (Å²) in [6.07, 6.45) is 0. The van der Waals surface area contributed by atoms with Crippen molar-refractivity contribution < 1.29 is 4.79 Å². The summed E-state index contributed by atoms with van der Waals surface area (Å²) in [7, 11) is 0. The van der Waals surface area contributed by atoms with Crippen LogP contribution in [-0.4, -0.2) is 25.0 Å².